The summed E-state index contributed by atoms with van der Waals surface area (Å²) in [7, 11) is 0. The molecule has 0 amide bonds. The first-order chi connectivity index (χ1) is 15.0. The third-order valence-electron chi connectivity index (χ3n) is 9.97. The number of carboxylic acid groups (broad SMARTS) is 1. The molecular formula is C26H40O6. The molecule has 4 fully saturated rings. The molecule has 6 heteroatoms. The van der Waals surface area contributed by atoms with Gasteiger partial charge in [-0.05, 0) is 85.9 Å². The van der Waals surface area contributed by atoms with Crippen LogP contribution in [0.1, 0.15) is 85.5 Å². The SMILES string of the molecule is CC(=O)OC[C@@]1(C(=O)O)CCC[C@@]2(C)[C@@H]3CC[C@@H]4C[C@@]3(CC[C@H]12)C[C@H]4COC(=O)C(C)C. The molecule has 0 aromatic heterocycles. The van der Waals surface area contributed by atoms with E-state index in [0.29, 0.717) is 30.8 Å². The van der Waals surface area contributed by atoms with Crippen LogP contribution in [0.25, 0.3) is 0 Å². The second-order valence-electron chi connectivity index (χ2n) is 11.9. The van der Waals surface area contributed by atoms with Gasteiger partial charge in [-0.3, -0.25) is 14.4 Å². The van der Waals surface area contributed by atoms with Crippen LogP contribution in [0.5, 0.6) is 0 Å². The van der Waals surface area contributed by atoms with Gasteiger partial charge in [0.05, 0.1) is 12.5 Å². The normalized spacial score (nSPS) is 42.7. The molecule has 0 aliphatic heterocycles. The molecule has 7 atom stereocenters. The number of ether oxygens (including phenoxy) is 2. The lowest BCUT2D eigenvalue weighted by molar-refractivity contribution is -0.195. The van der Waals surface area contributed by atoms with E-state index in [0.717, 1.165) is 44.9 Å². The van der Waals surface area contributed by atoms with Gasteiger partial charge < -0.3 is 14.6 Å². The van der Waals surface area contributed by atoms with Crippen LogP contribution in [-0.2, 0) is 23.9 Å². The second kappa shape index (κ2) is 8.32. The van der Waals surface area contributed by atoms with E-state index in [1.165, 1.54) is 13.3 Å². The summed E-state index contributed by atoms with van der Waals surface area (Å²) in [6.45, 7) is 7.97. The molecule has 0 heterocycles. The van der Waals surface area contributed by atoms with E-state index in [-0.39, 0.29) is 35.2 Å². The molecule has 4 aliphatic carbocycles. The summed E-state index contributed by atoms with van der Waals surface area (Å²) in [6.07, 6.45) is 8.99. The molecule has 180 valence electrons. The predicted molar refractivity (Wildman–Crippen MR) is 119 cm³/mol. The van der Waals surface area contributed by atoms with Crippen LogP contribution in [0, 0.1) is 45.8 Å². The number of hydrogen-bond donors (Lipinski definition) is 1. The van der Waals surface area contributed by atoms with Crippen molar-refractivity contribution in [2.75, 3.05) is 13.2 Å². The number of carbonyl (C=O) groups excluding carboxylic acids is 2. The van der Waals surface area contributed by atoms with Gasteiger partial charge in [0.25, 0.3) is 0 Å². The Morgan fingerprint density at radius 1 is 1.00 bits per heavy atom. The Kier molecular flexibility index (Phi) is 6.13. The highest BCUT2D eigenvalue weighted by molar-refractivity contribution is 5.76. The maximum atomic E-state index is 12.6. The highest BCUT2D eigenvalue weighted by atomic mass is 16.5. The lowest BCUT2D eigenvalue weighted by Crippen LogP contribution is -2.60. The van der Waals surface area contributed by atoms with Crippen molar-refractivity contribution in [1.82, 2.24) is 0 Å². The number of carbonyl (C=O) groups is 3. The van der Waals surface area contributed by atoms with Crippen molar-refractivity contribution in [3.05, 3.63) is 0 Å². The van der Waals surface area contributed by atoms with Gasteiger partial charge in [0.15, 0.2) is 0 Å². The number of rotatable bonds is 6. The summed E-state index contributed by atoms with van der Waals surface area (Å²) in [5.74, 6) is 0.152. The fourth-order valence-electron chi connectivity index (χ4n) is 8.67. The van der Waals surface area contributed by atoms with Crippen LogP contribution in [0.4, 0.5) is 0 Å². The number of hydrogen-bond acceptors (Lipinski definition) is 5. The minimum absolute atomic E-state index is 0.00591. The summed E-state index contributed by atoms with van der Waals surface area (Å²) >= 11 is 0. The van der Waals surface area contributed by atoms with E-state index in [1.807, 2.05) is 13.8 Å². The fourth-order valence-corrected chi connectivity index (χ4v) is 8.67. The maximum absolute atomic E-state index is 12.6. The molecule has 0 saturated heterocycles. The van der Waals surface area contributed by atoms with Gasteiger partial charge in [-0.15, -0.1) is 0 Å². The van der Waals surface area contributed by atoms with Crippen LogP contribution in [0.3, 0.4) is 0 Å². The zero-order valence-corrected chi connectivity index (χ0v) is 20.2. The van der Waals surface area contributed by atoms with Crippen molar-refractivity contribution in [3.8, 4) is 0 Å². The van der Waals surface area contributed by atoms with Gasteiger partial charge in [0, 0.05) is 6.92 Å². The molecule has 4 aliphatic rings. The van der Waals surface area contributed by atoms with Gasteiger partial charge in [-0.2, -0.15) is 0 Å². The quantitative estimate of drug-likeness (QED) is 0.585. The van der Waals surface area contributed by atoms with Gasteiger partial charge in [-0.1, -0.05) is 27.2 Å². The van der Waals surface area contributed by atoms with Crippen molar-refractivity contribution in [2.45, 2.75) is 85.5 Å². The third-order valence-corrected chi connectivity index (χ3v) is 9.97. The third kappa shape index (κ3) is 3.66. The molecular weight excluding hydrogens is 408 g/mol. The zero-order chi connectivity index (χ0) is 23.3. The monoisotopic (exact) mass is 448 g/mol. The number of esters is 2. The van der Waals surface area contributed by atoms with Crippen LogP contribution in [0.15, 0.2) is 0 Å². The average molecular weight is 449 g/mol. The number of carboxylic acids is 1. The molecule has 1 N–H and O–H groups in total. The molecule has 2 bridgehead atoms. The Morgan fingerprint density at radius 3 is 2.41 bits per heavy atom. The Hall–Kier alpha value is -1.59. The second-order valence-corrected chi connectivity index (χ2v) is 11.9. The lowest BCUT2D eigenvalue weighted by atomic mass is 9.40. The Bertz CT molecular complexity index is 776. The van der Waals surface area contributed by atoms with Crippen molar-refractivity contribution in [2.24, 2.45) is 45.8 Å². The van der Waals surface area contributed by atoms with E-state index >= 15 is 0 Å². The lowest BCUT2D eigenvalue weighted by Gasteiger charge is -2.63. The Morgan fingerprint density at radius 2 is 1.75 bits per heavy atom. The molecule has 4 rings (SSSR count). The van der Waals surface area contributed by atoms with Crippen molar-refractivity contribution in [1.29, 1.82) is 0 Å². The predicted octanol–water partition coefficient (Wildman–Crippen LogP) is 4.84. The van der Waals surface area contributed by atoms with Crippen LogP contribution in [-0.4, -0.2) is 36.2 Å². The highest BCUT2D eigenvalue weighted by Crippen LogP contribution is 2.72. The minimum atomic E-state index is -0.970. The van der Waals surface area contributed by atoms with Crippen LogP contribution in [0.2, 0.25) is 0 Å². The first kappa shape index (κ1) is 23.6. The van der Waals surface area contributed by atoms with E-state index in [9.17, 15) is 19.5 Å². The molecule has 6 nitrogen and oxygen atoms in total. The maximum Gasteiger partial charge on any atom is 0.313 e. The summed E-state index contributed by atoms with van der Waals surface area (Å²) in [6, 6.07) is 0. The molecule has 0 unspecified atom stereocenters. The van der Waals surface area contributed by atoms with Gasteiger partial charge in [0.2, 0.25) is 0 Å². The molecule has 0 aromatic rings. The largest absolute Gasteiger partial charge is 0.481 e. The Labute approximate surface area is 191 Å². The van der Waals surface area contributed by atoms with E-state index in [4.69, 9.17) is 9.47 Å². The van der Waals surface area contributed by atoms with Crippen molar-refractivity contribution in [3.63, 3.8) is 0 Å². The van der Waals surface area contributed by atoms with Gasteiger partial charge in [-0.25, -0.2) is 0 Å². The molecule has 4 saturated carbocycles. The van der Waals surface area contributed by atoms with E-state index in [1.54, 1.807) is 0 Å². The van der Waals surface area contributed by atoms with E-state index in [2.05, 4.69) is 6.92 Å². The summed E-state index contributed by atoms with van der Waals surface area (Å²) in [5, 5.41) is 10.3. The topological polar surface area (TPSA) is 89.9 Å². The summed E-state index contributed by atoms with van der Waals surface area (Å²) < 4.78 is 11.0. The summed E-state index contributed by atoms with van der Waals surface area (Å²) in [5.41, 5.74) is -0.780. The fraction of sp³-hybridized carbons (Fsp3) is 0.885. The minimum Gasteiger partial charge on any atom is -0.481 e. The van der Waals surface area contributed by atoms with Gasteiger partial charge in [0.1, 0.15) is 12.0 Å². The zero-order valence-electron chi connectivity index (χ0n) is 20.2. The van der Waals surface area contributed by atoms with Gasteiger partial charge >= 0.3 is 17.9 Å². The molecule has 0 radical (unpaired) electrons. The van der Waals surface area contributed by atoms with Crippen LogP contribution < -0.4 is 0 Å². The molecule has 1 spiro atoms. The molecule has 32 heavy (non-hydrogen) atoms. The van der Waals surface area contributed by atoms with Crippen LogP contribution >= 0.6 is 0 Å². The van der Waals surface area contributed by atoms with Crippen molar-refractivity contribution >= 4 is 17.9 Å². The summed E-state index contributed by atoms with van der Waals surface area (Å²) in [4.78, 5) is 36.2. The number of fused-ring (bicyclic) bond motifs is 3. The first-order valence-electron chi connectivity index (χ1n) is 12.6. The first-order valence-corrected chi connectivity index (χ1v) is 12.6. The van der Waals surface area contributed by atoms with E-state index < -0.39 is 17.4 Å². The highest BCUT2D eigenvalue weighted by Gasteiger charge is 2.67. The molecule has 0 aromatic carbocycles. The average Bonchev–Trinajstić information content (AvgIpc) is 2.99. The Balaban J connectivity index is 1.57. The van der Waals surface area contributed by atoms with Crippen molar-refractivity contribution < 1.29 is 29.0 Å². The number of aliphatic carboxylic acids is 1. The standard InChI is InChI=1S/C26H40O6/c1-16(2)22(28)31-14-19-13-25-11-8-21-24(4,20(25)7-6-18(19)12-25)9-5-10-26(21,23(29)30)15-32-17(3)27/h16,18-21H,5-15H2,1-4H3,(H,29,30)/t18-,19+,20+,21+,24+,25+,26+/m1/s1. The smallest absolute Gasteiger partial charge is 0.313 e.